The molecule has 2 N–H and O–H groups in total. The first kappa shape index (κ1) is 16.1. The maximum Gasteiger partial charge on any atom is 0.150 e. The number of thiophene rings is 1. The van der Waals surface area contributed by atoms with Gasteiger partial charge in [0.1, 0.15) is 22.9 Å². The van der Waals surface area contributed by atoms with E-state index in [2.05, 4.69) is 21.5 Å². The molecule has 4 nitrogen and oxygen atoms in total. The molecule has 0 unspecified atom stereocenters. The minimum Gasteiger partial charge on any atom is -0.382 e. The van der Waals surface area contributed by atoms with E-state index < -0.39 is 0 Å². The van der Waals surface area contributed by atoms with Crippen LogP contribution in [0.5, 0.6) is 0 Å². The van der Waals surface area contributed by atoms with Crippen molar-refractivity contribution >= 4 is 44.4 Å². The lowest BCUT2D eigenvalue weighted by Crippen LogP contribution is -2.09. The van der Waals surface area contributed by atoms with E-state index in [9.17, 15) is 0 Å². The van der Waals surface area contributed by atoms with Gasteiger partial charge in [-0.3, -0.25) is 4.40 Å². The van der Waals surface area contributed by atoms with Gasteiger partial charge in [-0.25, -0.2) is 9.97 Å². The first-order valence-electron chi connectivity index (χ1n) is 9.03. The molecular formula is C20H19ClN4S. The standard InChI is InChI=1S/C20H19ClN4S/c21-14-8-4-7-13-11-15(26-18(13)14)16-17-19(22)23-9-10-25(17)20(24-16)12-5-2-1-3-6-12/h4,7-12H,1-3,5-6H2,(H2,22,23). The van der Waals surface area contributed by atoms with E-state index in [1.807, 2.05) is 18.3 Å². The Kier molecular flexibility index (Phi) is 3.87. The molecule has 1 aliphatic rings. The maximum atomic E-state index is 6.38. The van der Waals surface area contributed by atoms with E-state index in [0.717, 1.165) is 37.0 Å². The van der Waals surface area contributed by atoms with Crippen molar-refractivity contribution in [2.45, 2.75) is 38.0 Å². The monoisotopic (exact) mass is 382 g/mol. The van der Waals surface area contributed by atoms with Crippen molar-refractivity contribution in [1.82, 2.24) is 14.4 Å². The summed E-state index contributed by atoms with van der Waals surface area (Å²) in [5.74, 6) is 2.14. The van der Waals surface area contributed by atoms with E-state index in [0.29, 0.717) is 11.7 Å². The third-order valence-electron chi connectivity index (χ3n) is 5.31. The molecule has 3 heterocycles. The molecule has 0 saturated heterocycles. The summed E-state index contributed by atoms with van der Waals surface area (Å²) in [5, 5.41) is 1.92. The Hall–Kier alpha value is -2.11. The fourth-order valence-corrected chi connectivity index (χ4v) is 5.40. The Morgan fingerprint density at radius 2 is 2.04 bits per heavy atom. The third kappa shape index (κ3) is 2.49. The summed E-state index contributed by atoms with van der Waals surface area (Å²) >= 11 is 8.05. The van der Waals surface area contributed by atoms with Crippen LogP contribution in [0.1, 0.15) is 43.8 Å². The van der Waals surface area contributed by atoms with E-state index in [1.165, 1.54) is 32.1 Å². The molecule has 0 aliphatic heterocycles. The van der Waals surface area contributed by atoms with Crippen molar-refractivity contribution in [2.24, 2.45) is 0 Å². The van der Waals surface area contributed by atoms with Crippen molar-refractivity contribution in [1.29, 1.82) is 0 Å². The summed E-state index contributed by atoms with van der Waals surface area (Å²) in [6.45, 7) is 0. The topological polar surface area (TPSA) is 56.2 Å². The Balaban J connectivity index is 1.75. The zero-order chi connectivity index (χ0) is 17.7. The van der Waals surface area contributed by atoms with Gasteiger partial charge in [-0.15, -0.1) is 11.3 Å². The number of rotatable bonds is 2. The number of hydrogen-bond donors (Lipinski definition) is 1. The van der Waals surface area contributed by atoms with Crippen molar-refractivity contribution < 1.29 is 0 Å². The molecule has 1 aromatic carbocycles. The SMILES string of the molecule is Nc1nccn2c(C3CCCCC3)nc(-c3cc4cccc(Cl)c4s3)c12. The van der Waals surface area contributed by atoms with E-state index in [-0.39, 0.29) is 0 Å². The van der Waals surface area contributed by atoms with Gasteiger partial charge >= 0.3 is 0 Å². The number of imidazole rings is 1. The predicted octanol–water partition coefficient (Wildman–Crippen LogP) is 5.89. The molecule has 0 atom stereocenters. The molecule has 4 aromatic rings. The zero-order valence-electron chi connectivity index (χ0n) is 14.3. The van der Waals surface area contributed by atoms with Crippen LogP contribution in [-0.2, 0) is 0 Å². The average Bonchev–Trinajstić information content (AvgIpc) is 3.25. The third-order valence-corrected chi connectivity index (χ3v) is 6.93. The Morgan fingerprint density at radius 1 is 1.19 bits per heavy atom. The van der Waals surface area contributed by atoms with E-state index >= 15 is 0 Å². The largest absolute Gasteiger partial charge is 0.382 e. The van der Waals surface area contributed by atoms with Crippen LogP contribution >= 0.6 is 22.9 Å². The number of benzene rings is 1. The second kappa shape index (κ2) is 6.25. The van der Waals surface area contributed by atoms with Crippen LogP contribution in [0.15, 0.2) is 36.7 Å². The number of hydrogen-bond acceptors (Lipinski definition) is 4. The molecule has 1 aliphatic carbocycles. The fraction of sp³-hybridized carbons (Fsp3) is 0.300. The second-order valence-electron chi connectivity index (χ2n) is 6.95. The van der Waals surface area contributed by atoms with Crippen LogP contribution in [0.2, 0.25) is 5.02 Å². The van der Waals surface area contributed by atoms with Gasteiger partial charge in [-0.1, -0.05) is 43.0 Å². The second-order valence-corrected chi connectivity index (χ2v) is 8.41. The number of nitrogens with zero attached hydrogens (tertiary/aromatic N) is 3. The molecule has 0 bridgehead atoms. The minimum absolute atomic E-state index is 0.491. The molecule has 26 heavy (non-hydrogen) atoms. The van der Waals surface area contributed by atoms with Crippen molar-refractivity contribution in [3.05, 3.63) is 47.5 Å². The van der Waals surface area contributed by atoms with Crippen LogP contribution < -0.4 is 5.73 Å². The molecule has 5 rings (SSSR count). The van der Waals surface area contributed by atoms with Crippen LogP contribution in [0, 0.1) is 0 Å². The highest BCUT2D eigenvalue weighted by molar-refractivity contribution is 7.22. The molecule has 132 valence electrons. The quantitative estimate of drug-likeness (QED) is 0.470. The first-order valence-corrected chi connectivity index (χ1v) is 10.2. The summed E-state index contributed by atoms with van der Waals surface area (Å²) in [7, 11) is 0. The lowest BCUT2D eigenvalue weighted by molar-refractivity contribution is 0.428. The van der Waals surface area contributed by atoms with Crippen LogP contribution in [0.4, 0.5) is 5.82 Å². The van der Waals surface area contributed by atoms with Crippen molar-refractivity contribution in [2.75, 3.05) is 5.73 Å². The van der Waals surface area contributed by atoms with E-state index in [4.69, 9.17) is 22.3 Å². The molecule has 0 radical (unpaired) electrons. The smallest absolute Gasteiger partial charge is 0.150 e. The highest BCUT2D eigenvalue weighted by Crippen LogP contribution is 2.41. The summed E-state index contributed by atoms with van der Waals surface area (Å²) in [4.78, 5) is 10.5. The molecule has 3 aromatic heterocycles. The van der Waals surface area contributed by atoms with Gasteiger partial charge in [-0.2, -0.15) is 0 Å². The molecule has 6 heteroatoms. The maximum absolute atomic E-state index is 6.38. The van der Waals surface area contributed by atoms with Gasteiger partial charge in [-0.05, 0) is 30.4 Å². The summed E-state index contributed by atoms with van der Waals surface area (Å²) in [6.07, 6.45) is 10.0. The van der Waals surface area contributed by atoms with E-state index in [1.54, 1.807) is 17.5 Å². The molecular weight excluding hydrogens is 364 g/mol. The fourth-order valence-electron chi connectivity index (χ4n) is 4.05. The first-order chi connectivity index (χ1) is 12.7. The zero-order valence-corrected chi connectivity index (χ0v) is 15.9. The number of nitrogen functional groups attached to an aromatic ring is 1. The summed E-state index contributed by atoms with van der Waals surface area (Å²) in [6, 6.07) is 8.16. The minimum atomic E-state index is 0.491. The number of aromatic nitrogens is 3. The molecule has 1 saturated carbocycles. The molecule has 0 amide bonds. The highest BCUT2D eigenvalue weighted by atomic mass is 35.5. The number of halogens is 1. The molecule has 0 spiro atoms. The number of nitrogens with two attached hydrogens (primary N) is 1. The van der Waals surface area contributed by atoms with Crippen LogP contribution in [-0.4, -0.2) is 14.4 Å². The van der Waals surface area contributed by atoms with Gasteiger partial charge in [0.15, 0.2) is 0 Å². The highest BCUT2D eigenvalue weighted by Gasteiger charge is 2.24. The lowest BCUT2D eigenvalue weighted by atomic mass is 9.89. The molecule has 1 fully saturated rings. The van der Waals surface area contributed by atoms with Crippen LogP contribution in [0.3, 0.4) is 0 Å². The lowest BCUT2D eigenvalue weighted by Gasteiger charge is -2.20. The predicted molar refractivity (Wildman–Crippen MR) is 109 cm³/mol. The van der Waals surface area contributed by atoms with Crippen LogP contribution in [0.25, 0.3) is 26.2 Å². The van der Waals surface area contributed by atoms with Gasteiger partial charge < -0.3 is 5.73 Å². The summed E-state index contributed by atoms with van der Waals surface area (Å²) < 4.78 is 3.24. The van der Waals surface area contributed by atoms with Crippen molar-refractivity contribution in [3.8, 4) is 10.6 Å². The Labute approximate surface area is 160 Å². The Bertz CT molecular complexity index is 1110. The van der Waals surface area contributed by atoms with Crippen molar-refractivity contribution in [3.63, 3.8) is 0 Å². The normalized spacial score (nSPS) is 15.9. The number of anilines is 1. The Morgan fingerprint density at radius 3 is 2.85 bits per heavy atom. The van der Waals surface area contributed by atoms with Gasteiger partial charge in [0.05, 0.1) is 14.6 Å². The van der Waals surface area contributed by atoms with Gasteiger partial charge in [0.25, 0.3) is 0 Å². The summed E-state index contributed by atoms with van der Waals surface area (Å²) in [5.41, 5.74) is 8.11. The van der Waals surface area contributed by atoms with Gasteiger partial charge in [0.2, 0.25) is 0 Å². The average molecular weight is 383 g/mol. The number of fused-ring (bicyclic) bond motifs is 2. The van der Waals surface area contributed by atoms with Gasteiger partial charge in [0, 0.05) is 18.3 Å².